The molecule has 0 aromatic carbocycles. The summed E-state index contributed by atoms with van der Waals surface area (Å²) in [5.74, 6) is -2.38. The number of methoxy groups -OCH3 is 2. The van der Waals surface area contributed by atoms with E-state index in [-0.39, 0.29) is 5.41 Å². The van der Waals surface area contributed by atoms with Crippen molar-refractivity contribution in [3.8, 4) is 0 Å². The fraction of sp³-hybridized carbons (Fsp3) is 0.826. The smallest absolute Gasteiger partial charge is 0.475 e. The minimum atomic E-state index is -5.08. The Morgan fingerprint density at radius 2 is 1.76 bits per heavy atom. The van der Waals surface area contributed by atoms with Gasteiger partial charge in [0.05, 0.1) is 18.6 Å². The summed E-state index contributed by atoms with van der Waals surface area (Å²) in [6.45, 7) is 7.63. The molecule has 10 heteroatoms. The maximum atomic E-state index is 13.1. The number of piperidine rings is 1. The van der Waals surface area contributed by atoms with Gasteiger partial charge in [-0.1, -0.05) is 19.1 Å². The van der Waals surface area contributed by atoms with Crippen LogP contribution in [0.4, 0.5) is 13.2 Å². The van der Waals surface area contributed by atoms with Crippen molar-refractivity contribution >= 4 is 11.9 Å². The summed E-state index contributed by atoms with van der Waals surface area (Å²) in [5, 5.41) is 7.12. The Bertz CT molecular complexity index is 692. The van der Waals surface area contributed by atoms with Crippen LogP contribution in [0.5, 0.6) is 0 Å². The third kappa shape index (κ3) is 7.42. The van der Waals surface area contributed by atoms with Gasteiger partial charge < -0.3 is 19.5 Å². The zero-order valence-corrected chi connectivity index (χ0v) is 19.8. The number of hydrogen-bond acceptors (Lipinski definition) is 5. The number of allylic oxidation sites excluding steroid dienone is 2. The topological polar surface area (TPSA) is 79.3 Å². The minimum Gasteiger partial charge on any atom is -0.475 e. The lowest BCUT2D eigenvalue weighted by Gasteiger charge is -2.43. The molecular formula is C23H37F3N2O5. The molecule has 33 heavy (non-hydrogen) atoms. The Hall–Kier alpha value is -1.65. The van der Waals surface area contributed by atoms with Crippen LogP contribution >= 0.6 is 0 Å². The molecule has 1 aliphatic carbocycles. The molecular weight excluding hydrogens is 441 g/mol. The van der Waals surface area contributed by atoms with E-state index in [4.69, 9.17) is 19.4 Å². The van der Waals surface area contributed by atoms with E-state index in [1.807, 2.05) is 0 Å². The number of rotatable bonds is 6. The van der Waals surface area contributed by atoms with E-state index < -0.39 is 12.1 Å². The summed E-state index contributed by atoms with van der Waals surface area (Å²) in [5.41, 5.74) is 0.166. The van der Waals surface area contributed by atoms with E-state index in [0.717, 1.165) is 71.5 Å². The third-order valence-electron chi connectivity index (χ3n) is 7.13. The summed E-state index contributed by atoms with van der Waals surface area (Å²) in [4.78, 5) is 26.7. The third-order valence-corrected chi connectivity index (χ3v) is 7.13. The first-order chi connectivity index (χ1) is 15.5. The van der Waals surface area contributed by atoms with Crippen LogP contribution in [-0.4, -0.2) is 92.6 Å². The largest absolute Gasteiger partial charge is 0.490 e. The molecule has 1 amide bonds. The number of likely N-dealkylation sites (tertiary alicyclic amines) is 2. The Labute approximate surface area is 193 Å². The van der Waals surface area contributed by atoms with Crippen molar-refractivity contribution in [2.45, 2.75) is 57.7 Å². The highest BCUT2D eigenvalue weighted by molar-refractivity contribution is 5.82. The van der Waals surface area contributed by atoms with Crippen molar-refractivity contribution in [2.75, 3.05) is 53.6 Å². The Balaban J connectivity index is 0.000000479. The highest BCUT2D eigenvalue weighted by atomic mass is 19.4. The van der Waals surface area contributed by atoms with Crippen molar-refractivity contribution < 1.29 is 37.3 Å². The van der Waals surface area contributed by atoms with Gasteiger partial charge in [0.2, 0.25) is 5.91 Å². The summed E-state index contributed by atoms with van der Waals surface area (Å²) in [7, 11) is 3.56. The van der Waals surface area contributed by atoms with Gasteiger partial charge in [0, 0.05) is 46.4 Å². The van der Waals surface area contributed by atoms with Crippen LogP contribution in [0, 0.1) is 10.8 Å². The van der Waals surface area contributed by atoms with Gasteiger partial charge in [-0.2, -0.15) is 13.2 Å². The van der Waals surface area contributed by atoms with Crippen molar-refractivity contribution in [1.82, 2.24) is 9.80 Å². The van der Waals surface area contributed by atoms with Crippen molar-refractivity contribution in [3.63, 3.8) is 0 Å². The van der Waals surface area contributed by atoms with Gasteiger partial charge in [0.15, 0.2) is 0 Å². The molecule has 190 valence electrons. The summed E-state index contributed by atoms with van der Waals surface area (Å²) < 4.78 is 42.5. The molecule has 3 aliphatic rings. The number of carboxylic acid groups (broad SMARTS) is 1. The quantitative estimate of drug-likeness (QED) is 0.590. The molecule has 2 aliphatic heterocycles. The second-order valence-corrected chi connectivity index (χ2v) is 9.65. The molecule has 0 aromatic rings. The van der Waals surface area contributed by atoms with Crippen LogP contribution < -0.4 is 0 Å². The predicted molar refractivity (Wildman–Crippen MR) is 117 cm³/mol. The molecule has 2 saturated heterocycles. The molecule has 1 spiro atoms. The van der Waals surface area contributed by atoms with Crippen LogP contribution in [0.25, 0.3) is 0 Å². The van der Waals surface area contributed by atoms with Crippen molar-refractivity contribution in [2.24, 2.45) is 10.8 Å². The maximum Gasteiger partial charge on any atom is 0.490 e. The molecule has 3 rings (SSSR count). The van der Waals surface area contributed by atoms with Crippen LogP contribution in [0.15, 0.2) is 12.2 Å². The highest BCUT2D eigenvalue weighted by Crippen LogP contribution is 2.44. The molecule has 2 heterocycles. The fourth-order valence-corrected chi connectivity index (χ4v) is 5.17. The molecule has 2 atom stereocenters. The SMILES string of the molecule is COCCN1CC2(CCN(C(=O)C3(C)CC=CCC3)CC2)CC1COC.O=C(O)C(F)(F)F. The van der Waals surface area contributed by atoms with Gasteiger partial charge in [-0.05, 0) is 43.9 Å². The number of carboxylic acids is 1. The lowest BCUT2D eigenvalue weighted by molar-refractivity contribution is -0.192. The van der Waals surface area contributed by atoms with Crippen molar-refractivity contribution in [3.05, 3.63) is 12.2 Å². The molecule has 0 aromatic heterocycles. The molecule has 1 N–H and O–H groups in total. The number of aliphatic carboxylic acids is 1. The van der Waals surface area contributed by atoms with Gasteiger partial charge in [-0.15, -0.1) is 0 Å². The molecule has 0 bridgehead atoms. The van der Waals surface area contributed by atoms with Crippen LogP contribution in [-0.2, 0) is 19.1 Å². The summed E-state index contributed by atoms with van der Waals surface area (Å²) in [6, 6.07) is 0.485. The molecule has 2 fully saturated rings. The average molecular weight is 479 g/mol. The summed E-state index contributed by atoms with van der Waals surface area (Å²) in [6.07, 6.45) is 5.66. The van der Waals surface area contributed by atoms with E-state index in [9.17, 15) is 18.0 Å². The van der Waals surface area contributed by atoms with E-state index in [1.54, 1.807) is 14.2 Å². The standard InChI is InChI=1S/C21H36N2O3.C2HF3O2/c1-20(7-5-4-6-8-20)19(24)22-11-9-21(10-12-22)15-18(16-26-3)23(17-21)13-14-25-2;3-2(4,5)1(6)7/h4-5,18H,6-17H2,1-3H3;(H,6,7). The van der Waals surface area contributed by atoms with Crippen LogP contribution in [0.3, 0.4) is 0 Å². The zero-order valence-electron chi connectivity index (χ0n) is 19.8. The van der Waals surface area contributed by atoms with Gasteiger partial charge in [-0.25, -0.2) is 4.79 Å². The highest BCUT2D eigenvalue weighted by Gasteiger charge is 2.47. The second kappa shape index (κ2) is 11.7. The van der Waals surface area contributed by atoms with E-state index in [1.165, 1.54) is 6.42 Å². The first-order valence-corrected chi connectivity index (χ1v) is 11.4. The van der Waals surface area contributed by atoms with E-state index in [0.29, 0.717) is 17.4 Å². The normalized spacial score (nSPS) is 27.3. The number of nitrogens with zero attached hydrogens (tertiary/aromatic N) is 2. The molecule has 2 unspecified atom stereocenters. The lowest BCUT2D eigenvalue weighted by Crippen LogP contribution is -2.49. The number of halogens is 3. The number of carbonyl (C=O) groups excluding carboxylic acids is 1. The van der Waals surface area contributed by atoms with Crippen LogP contribution in [0.1, 0.15) is 45.4 Å². The number of hydrogen-bond donors (Lipinski definition) is 1. The molecule has 0 radical (unpaired) electrons. The molecule has 0 saturated carbocycles. The monoisotopic (exact) mass is 478 g/mol. The number of ether oxygens (including phenoxy) is 2. The Morgan fingerprint density at radius 3 is 2.24 bits per heavy atom. The number of alkyl halides is 3. The maximum absolute atomic E-state index is 13.1. The number of carbonyl (C=O) groups is 2. The Kier molecular flexibility index (Phi) is 9.75. The van der Waals surface area contributed by atoms with E-state index >= 15 is 0 Å². The lowest BCUT2D eigenvalue weighted by atomic mass is 9.74. The van der Waals surface area contributed by atoms with Crippen molar-refractivity contribution in [1.29, 1.82) is 0 Å². The van der Waals surface area contributed by atoms with Gasteiger partial charge in [-0.3, -0.25) is 9.69 Å². The first kappa shape index (κ1) is 27.6. The predicted octanol–water partition coefficient (Wildman–Crippen LogP) is 3.34. The average Bonchev–Trinajstić information content (AvgIpc) is 3.09. The Morgan fingerprint density at radius 1 is 1.12 bits per heavy atom. The van der Waals surface area contributed by atoms with Gasteiger partial charge in [0.1, 0.15) is 0 Å². The van der Waals surface area contributed by atoms with E-state index in [2.05, 4.69) is 28.9 Å². The fourth-order valence-electron chi connectivity index (χ4n) is 5.17. The number of amides is 1. The first-order valence-electron chi connectivity index (χ1n) is 11.4. The second-order valence-electron chi connectivity index (χ2n) is 9.65. The molecule has 7 nitrogen and oxygen atoms in total. The van der Waals surface area contributed by atoms with Gasteiger partial charge in [0.25, 0.3) is 0 Å². The zero-order chi connectivity index (χ0) is 24.7. The summed E-state index contributed by atoms with van der Waals surface area (Å²) >= 11 is 0. The minimum absolute atomic E-state index is 0.183. The van der Waals surface area contributed by atoms with Gasteiger partial charge >= 0.3 is 12.1 Å². The van der Waals surface area contributed by atoms with Crippen LogP contribution in [0.2, 0.25) is 0 Å².